The minimum atomic E-state index is -5.87. The highest BCUT2D eigenvalue weighted by molar-refractivity contribution is 5.93. The summed E-state index contributed by atoms with van der Waals surface area (Å²) in [5, 5.41) is 15.2. The van der Waals surface area contributed by atoms with E-state index in [0.717, 1.165) is 22.3 Å². The minimum Gasteiger partial charge on any atom is -0.395 e. The van der Waals surface area contributed by atoms with Crippen LogP contribution in [0.15, 0.2) is 52.2 Å². The monoisotopic (exact) mass is 589 g/mol. The van der Waals surface area contributed by atoms with Gasteiger partial charge in [0.25, 0.3) is 0 Å². The normalized spacial score (nSPS) is 31.3. The van der Waals surface area contributed by atoms with E-state index in [0.29, 0.717) is 43.8 Å². The largest absolute Gasteiger partial charge is 0.456 e. The van der Waals surface area contributed by atoms with Crippen LogP contribution in [0.4, 0.5) is 22.0 Å². The predicted octanol–water partition coefficient (Wildman–Crippen LogP) is 7.52. The Bertz CT molecular complexity index is 1380. The molecule has 4 aliphatic carbocycles. The molecule has 2 saturated carbocycles. The summed E-state index contributed by atoms with van der Waals surface area (Å²) in [4.78, 5) is 17.3. The van der Waals surface area contributed by atoms with Crippen molar-refractivity contribution in [2.75, 3.05) is 6.61 Å². The fraction of sp³-hybridized carbons (Fsp3) is 0.576. The van der Waals surface area contributed by atoms with Gasteiger partial charge in [0.15, 0.2) is 5.78 Å². The predicted molar refractivity (Wildman–Crippen MR) is 149 cm³/mol. The van der Waals surface area contributed by atoms with E-state index in [4.69, 9.17) is 4.84 Å². The third-order valence-electron chi connectivity index (χ3n) is 9.89. The molecule has 226 valence electrons. The molecule has 1 aromatic carbocycles. The topological polar surface area (TPSA) is 58.9 Å². The highest BCUT2D eigenvalue weighted by Crippen LogP contribution is 2.70. The van der Waals surface area contributed by atoms with Gasteiger partial charge in [0.05, 0.1) is 0 Å². The van der Waals surface area contributed by atoms with Crippen molar-refractivity contribution >= 4 is 12.0 Å². The standard InChI is InChI=1S/C33H36F5NO3/c1-20(2)19-42-39-16-4-5-21-6-8-22(9-7-21)27-18-30(3)28(14-15-31(30,41)32(34,35)33(36,37)38)26-12-10-23-17-24(40)11-13-25(23)29(26)27/h6-9,16-17,20,26-28,41H,10-15,18-19H2,1-3H3/t26-,27+,28-,30-,31-/m0/s1. The Morgan fingerprint density at radius 1 is 1.12 bits per heavy atom. The lowest BCUT2D eigenvalue weighted by Gasteiger charge is -2.56. The maximum atomic E-state index is 15.1. The van der Waals surface area contributed by atoms with Gasteiger partial charge in [0, 0.05) is 23.3 Å². The molecule has 0 saturated heterocycles. The molecule has 0 bridgehead atoms. The van der Waals surface area contributed by atoms with Crippen LogP contribution in [-0.2, 0) is 9.63 Å². The summed E-state index contributed by atoms with van der Waals surface area (Å²) in [6.07, 6.45) is -1.45. The summed E-state index contributed by atoms with van der Waals surface area (Å²) in [6.45, 7) is 5.90. The second-order valence-electron chi connectivity index (χ2n) is 12.8. The number of allylic oxidation sites excluding steroid dienone is 4. The second-order valence-corrected chi connectivity index (χ2v) is 12.8. The Morgan fingerprint density at radius 2 is 1.83 bits per heavy atom. The third kappa shape index (κ3) is 5.00. The maximum absolute atomic E-state index is 15.1. The van der Waals surface area contributed by atoms with Gasteiger partial charge in [-0.25, -0.2) is 0 Å². The number of rotatable bonds is 5. The zero-order chi connectivity index (χ0) is 30.5. The first-order valence-electron chi connectivity index (χ1n) is 14.6. The lowest BCUT2D eigenvalue weighted by atomic mass is 9.50. The van der Waals surface area contributed by atoms with E-state index in [1.807, 2.05) is 26.0 Å². The van der Waals surface area contributed by atoms with E-state index in [1.54, 1.807) is 18.2 Å². The average molecular weight is 590 g/mol. The van der Waals surface area contributed by atoms with Gasteiger partial charge in [0.1, 0.15) is 18.4 Å². The van der Waals surface area contributed by atoms with Gasteiger partial charge in [-0.15, -0.1) is 0 Å². The molecule has 0 radical (unpaired) electrons. The van der Waals surface area contributed by atoms with E-state index in [2.05, 4.69) is 17.0 Å². The SMILES string of the molecule is CC(C)CON=CC#Cc1ccc([C@H]2C[C@@]3(C)[C@@H](CC[C@@]3(O)C(F)(F)C(F)(F)F)[C@@H]3CCC4=CC(=O)CCC4=C32)cc1. The first-order chi connectivity index (χ1) is 19.7. The van der Waals surface area contributed by atoms with Gasteiger partial charge in [-0.2, -0.15) is 22.0 Å². The van der Waals surface area contributed by atoms with Crippen LogP contribution in [0.2, 0.25) is 0 Å². The molecule has 4 aliphatic rings. The van der Waals surface area contributed by atoms with Crippen LogP contribution in [0.3, 0.4) is 0 Å². The molecule has 0 amide bonds. The van der Waals surface area contributed by atoms with Crippen molar-refractivity contribution in [3.8, 4) is 11.8 Å². The number of ketones is 1. The molecule has 0 aromatic heterocycles. The van der Waals surface area contributed by atoms with Gasteiger partial charge in [-0.1, -0.05) is 49.6 Å². The molecule has 42 heavy (non-hydrogen) atoms. The minimum absolute atomic E-state index is 0.0473. The van der Waals surface area contributed by atoms with Crippen LogP contribution >= 0.6 is 0 Å². The molecule has 4 nitrogen and oxygen atoms in total. The average Bonchev–Trinajstić information content (AvgIpc) is 3.21. The van der Waals surface area contributed by atoms with Crippen LogP contribution in [0.5, 0.6) is 0 Å². The summed E-state index contributed by atoms with van der Waals surface area (Å²) in [5.74, 6) is -0.381. The highest BCUT2D eigenvalue weighted by atomic mass is 19.4. The van der Waals surface area contributed by atoms with Crippen molar-refractivity contribution in [1.82, 2.24) is 0 Å². The fourth-order valence-corrected chi connectivity index (χ4v) is 7.88. The van der Waals surface area contributed by atoms with Crippen LogP contribution < -0.4 is 0 Å². The molecule has 0 unspecified atom stereocenters. The molecule has 0 heterocycles. The number of carbonyl (C=O) groups is 1. The number of alkyl halides is 5. The van der Waals surface area contributed by atoms with E-state index >= 15 is 8.78 Å². The number of aliphatic hydroxyl groups is 1. The first-order valence-corrected chi connectivity index (χ1v) is 14.6. The molecule has 1 N–H and O–H groups in total. The number of carbonyl (C=O) groups excluding carboxylic acids is 1. The van der Waals surface area contributed by atoms with Crippen molar-refractivity contribution in [2.45, 2.75) is 89.3 Å². The van der Waals surface area contributed by atoms with Crippen molar-refractivity contribution < 1.29 is 36.7 Å². The van der Waals surface area contributed by atoms with Crippen LogP contribution in [-0.4, -0.2) is 41.4 Å². The third-order valence-corrected chi connectivity index (χ3v) is 9.89. The Hall–Kier alpha value is -2.99. The van der Waals surface area contributed by atoms with Gasteiger partial charge in [-0.05, 0) is 97.1 Å². The van der Waals surface area contributed by atoms with Crippen molar-refractivity contribution in [3.05, 3.63) is 58.2 Å². The summed E-state index contributed by atoms with van der Waals surface area (Å²) in [5.41, 5.74) is -0.435. The van der Waals surface area contributed by atoms with Gasteiger partial charge in [-0.3, -0.25) is 4.79 Å². The number of halogens is 5. The summed E-state index contributed by atoms with van der Waals surface area (Å²) >= 11 is 0. The van der Waals surface area contributed by atoms with Crippen molar-refractivity contribution in [1.29, 1.82) is 0 Å². The highest BCUT2D eigenvalue weighted by Gasteiger charge is 2.79. The Kier molecular flexibility index (Phi) is 7.93. The van der Waals surface area contributed by atoms with Gasteiger partial charge in [0.2, 0.25) is 0 Å². The molecule has 0 spiro atoms. The van der Waals surface area contributed by atoms with Gasteiger partial charge < -0.3 is 9.94 Å². The smallest absolute Gasteiger partial charge is 0.395 e. The number of hydrogen-bond donors (Lipinski definition) is 1. The zero-order valence-corrected chi connectivity index (χ0v) is 24.0. The van der Waals surface area contributed by atoms with E-state index in [-0.39, 0.29) is 24.5 Å². The zero-order valence-electron chi connectivity index (χ0n) is 24.0. The summed E-state index contributed by atoms with van der Waals surface area (Å²) in [6, 6.07) is 7.23. The van der Waals surface area contributed by atoms with Crippen LogP contribution in [0.25, 0.3) is 0 Å². The van der Waals surface area contributed by atoms with Crippen LogP contribution in [0.1, 0.15) is 82.8 Å². The molecular formula is C33H36F5NO3. The molecule has 5 atom stereocenters. The number of hydrogen-bond acceptors (Lipinski definition) is 4. The van der Waals surface area contributed by atoms with Crippen LogP contribution in [0, 0.1) is 35.0 Å². The molecule has 2 fully saturated rings. The Balaban J connectivity index is 1.54. The molecular weight excluding hydrogens is 553 g/mol. The quantitative estimate of drug-likeness (QED) is 0.167. The van der Waals surface area contributed by atoms with Crippen molar-refractivity contribution in [3.63, 3.8) is 0 Å². The van der Waals surface area contributed by atoms with Gasteiger partial charge >= 0.3 is 12.1 Å². The molecule has 9 heteroatoms. The lowest BCUT2D eigenvalue weighted by molar-refractivity contribution is -0.362. The lowest BCUT2D eigenvalue weighted by Crippen LogP contribution is -2.65. The Morgan fingerprint density at radius 3 is 2.50 bits per heavy atom. The van der Waals surface area contributed by atoms with Crippen molar-refractivity contribution in [2.24, 2.45) is 28.3 Å². The maximum Gasteiger partial charge on any atom is 0.456 e. The molecule has 1 aromatic rings. The second kappa shape index (κ2) is 10.9. The van der Waals surface area contributed by atoms with E-state index < -0.39 is 41.4 Å². The Labute approximate surface area is 243 Å². The van der Waals surface area contributed by atoms with E-state index in [1.165, 1.54) is 13.1 Å². The summed E-state index contributed by atoms with van der Waals surface area (Å²) in [7, 11) is 0. The number of benzene rings is 1. The molecule has 0 aliphatic heterocycles. The first kappa shape index (κ1) is 30.5. The fourth-order valence-electron chi connectivity index (χ4n) is 7.88. The number of nitrogens with zero attached hydrogens (tertiary/aromatic N) is 1. The van der Waals surface area contributed by atoms with E-state index in [9.17, 15) is 23.1 Å². The number of oxime groups is 1. The number of fused-ring (bicyclic) bond motifs is 4. The summed E-state index contributed by atoms with van der Waals surface area (Å²) < 4.78 is 71.4. The molecule has 5 rings (SSSR count).